The van der Waals surface area contributed by atoms with E-state index in [0.29, 0.717) is 13.0 Å². The first-order chi connectivity index (χ1) is 10.9. The minimum absolute atomic E-state index is 0.144. The molecule has 0 saturated heterocycles. The van der Waals surface area contributed by atoms with E-state index in [2.05, 4.69) is 10.6 Å². The van der Waals surface area contributed by atoms with Gasteiger partial charge in [0.1, 0.15) is 0 Å². The van der Waals surface area contributed by atoms with Gasteiger partial charge in [0.2, 0.25) is 5.91 Å². The first kappa shape index (κ1) is 15.6. The number of hydrogen-bond donors (Lipinski definition) is 2. The molecule has 0 saturated carbocycles. The maximum atomic E-state index is 12.7. The highest BCUT2D eigenvalue weighted by molar-refractivity contribution is 5.95. The van der Waals surface area contributed by atoms with Crippen LogP contribution in [0.1, 0.15) is 16.7 Å². The fourth-order valence-electron chi connectivity index (χ4n) is 2.64. The third kappa shape index (κ3) is 3.53. The van der Waals surface area contributed by atoms with E-state index in [9.17, 15) is 18.0 Å². The predicted octanol–water partition coefficient (Wildman–Crippen LogP) is 3.36. The van der Waals surface area contributed by atoms with Gasteiger partial charge < -0.3 is 10.6 Å². The summed E-state index contributed by atoms with van der Waals surface area (Å²) in [6, 6.07) is 12.0. The van der Waals surface area contributed by atoms with Crippen LogP contribution in [-0.2, 0) is 23.9 Å². The highest BCUT2D eigenvalue weighted by atomic mass is 19.4. The lowest BCUT2D eigenvalue weighted by molar-refractivity contribution is -0.137. The summed E-state index contributed by atoms with van der Waals surface area (Å²) in [4.78, 5) is 12.3. The van der Waals surface area contributed by atoms with Crippen LogP contribution in [0.4, 0.5) is 18.9 Å². The van der Waals surface area contributed by atoms with Crippen LogP contribution < -0.4 is 10.6 Å². The summed E-state index contributed by atoms with van der Waals surface area (Å²) >= 11 is 0. The Bertz CT molecular complexity index is 728. The molecule has 0 radical (unpaired) electrons. The second-order valence-electron chi connectivity index (χ2n) is 5.47. The Hall–Kier alpha value is -2.34. The van der Waals surface area contributed by atoms with Crippen molar-refractivity contribution in [1.82, 2.24) is 5.32 Å². The molecule has 1 aliphatic heterocycles. The number of benzene rings is 2. The van der Waals surface area contributed by atoms with E-state index in [1.165, 1.54) is 12.1 Å². The number of amides is 1. The van der Waals surface area contributed by atoms with Gasteiger partial charge in [-0.15, -0.1) is 0 Å². The average Bonchev–Trinajstić information content (AvgIpc) is 2.54. The van der Waals surface area contributed by atoms with Crippen molar-refractivity contribution in [2.75, 3.05) is 5.32 Å². The minimum Gasteiger partial charge on any atom is -0.325 e. The van der Waals surface area contributed by atoms with Crippen molar-refractivity contribution >= 4 is 11.6 Å². The van der Waals surface area contributed by atoms with Gasteiger partial charge in [-0.3, -0.25) is 4.79 Å². The van der Waals surface area contributed by atoms with Gasteiger partial charge in [-0.25, -0.2) is 0 Å². The quantitative estimate of drug-likeness (QED) is 0.891. The first-order valence-corrected chi connectivity index (χ1v) is 7.22. The van der Waals surface area contributed by atoms with Gasteiger partial charge in [-0.05, 0) is 35.7 Å². The predicted molar refractivity (Wildman–Crippen MR) is 80.8 cm³/mol. The van der Waals surface area contributed by atoms with Crippen LogP contribution in [0.25, 0.3) is 0 Å². The number of nitrogens with one attached hydrogen (secondary N) is 2. The van der Waals surface area contributed by atoms with E-state index in [-0.39, 0.29) is 11.6 Å². The maximum Gasteiger partial charge on any atom is 0.416 e. The summed E-state index contributed by atoms with van der Waals surface area (Å²) in [6.45, 7) is 0.566. The monoisotopic (exact) mass is 320 g/mol. The van der Waals surface area contributed by atoms with Crippen molar-refractivity contribution < 1.29 is 18.0 Å². The van der Waals surface area contributed by atoms with Gasteiger partial charge in [0.25, 0.3) is 0 Å². The van der Waals surface area contributed by atoms with Crippen LogP contribution in [0.15, 0.2) is 48.5 Å². The molecule has 0 aliphatic carbocycles. The van der Waals surface area contributed by atoms with E-state index >= 15 is 0 Å². The molecule has 1 amide bonds. The molecule has 3 nitrogen and oxygen atoms in total. The summed E-state index contributed by atoms with van der Waals surface area (Å²) in [5.74, 6) is -0.334. The lowest BCUT2D eigenvalue weighted by atomic mass is 9.95. The summed E-state index contributed by atoms with van der Waals surface area (Å²) < 4.78 is 38.1. The number of alkyl halides is 3. The van der Waals surface area contributed by atoms with Crippen molar-refractivity contribution in [3.05, 3.63) is 65.2 Å². The number of carbonyl (C=O) groups is 1. The highest BCUT2D eigenvalue weighted by Gasteiger charge is 2.31. The van der Waals surface area contributed by atoms with Gasteiger partial charge in [0, 0.05) is 12.2 Å². The molecule has 2 N–H and O–H groups in total. The van der Waals surface area contributed by atoms with Crippen molar-refractivity contribution in [1.29, 1.82) is 0 Å². The fraction of sp³-hybridized carbons (Fsp3) is 0.235. The maximum absolute atomic E-state index is 12.7. The topological polar surface area (TPSA) is 41.1 Å². The molecule has 0 spiro atoms. The third-order valence-electron chi connectivity index (χ3n) is 3.86. The molecule has 0 aromatic heterocycles. The van der Waals surface area contributed by atoms with E-state index < -0.39 is 17.8 Å². The van der Waals surface area contributed by atoms with Crippen molar-refractivity contribution in [3.63, 3.8) is 0 Å². The van der Waals surface area contributed by atoms with Crippen LogP contribution >= 0.6 is 0 Å². The Kier molecular flexibility index (Phi) is 4.09. The average molecular weight is 320 g/mol. The van der Waals surface area contributed by atoms with Crippen molar-refractivity contribution in [3.8, 4) is 0 Å². The van der Waals surface area contributed by atoms with Gasteiger partial charge in [-0.1, -0.05) is 30.3 Å². The van der Waals surface area contributed by atoms with Crippen LogP contribution in [0, 0.1) is 0 Å². The van der Waals surface area contributed by atoms with Crippen molar-refractivity contribution in [2.45, 2.75) is 25.2 Å². The SMILES string of the molecule is O=C(Nc1cccc(C(F)(F)F)c1)C1Cc2ccccc2CN1. The Balaban J connectivity index is 1.71. The molecular formula is C17H15F3N2O. The second kappa shape index (κ2) is 6.04. The smallest absolute Gasteiger partial charge is 0.325 e. The lowest BCUT2D eigenvalue weighted by Gasteiger charge is -2.25. The summed E-state index contributed by atoms with van der Waals surface area (Å²) in [6.07, 6.45) is -3.91. The van der Waals surface area contributed by atoms with Gasteiger partial charge >= 0.3 is 6.18 Å². The number of fused-ring (bicyclic) bond motifs is 1. The molecule has 2 aromatic carbocycles. The normalized spacial score (nSPS) is 17.4. The molecular weight excluding hydrogens is 305 g/mol. The minimum atomic E-state index is -4.43. The first-order valence-electron chi connectivity index (χ1n) is 7.22. The summed E-state index contributed by atoms with van der Waals surface area (Å²) in [7, 11) is 0. The highest BCUT2D eigenvalue weighted by Crippen LogP contribution is 2.30. The largest absolute Gasteiger partial charge is 0.416 e. The molecule has 3 rings (SSSR count). The Morgan fingerprint density at radius 3 is 2.57 bits per heavy atom. The molecule has 1 aliphatic rings. The van der Waals surface area contributed by atoms with E-state index in [0.717, 1.165) is 23.3 Å². The molecule has 1 atom stereocenters. The van der Waals surface area contributed by atoms with Crippen LogP contribution in [0.2, 0.25) is 0 Å². The van der Waals surface area contributed by atoms with E-state index in [4.69, 9.17) is 0 Å². The molecule has 0 bridgehead atoms. The number of carbonyl (C=O) groups excluding carboxylic acids is 1. The molecule has 1 unspecified atom stereocenters. The zero-order valence-electron chi connectivity index (χ0n) is 12.2. The molecule has 120 valence electrons. The van der Waals surface area contributed by atoms with Gasteiger partial charge in [-0.2, -0.15) is 13.2 Å². The Morgan fingerprint density at radius 1 is 1.09 bits per heavy atom. The molecule has 23 heavy (non-hydrogen) atoms. The Morgan fingerprint density at radius 2 is 1.83 bits per heavy atom. The summed E-state index contributed by atoms with van der Waals surface area (Å²) in [5.41, 5.74) is 1.58. The molecule has 1 heterocycles. The second-order valence-corrected chi connectivity index (χ2v) is 5.47. The number of anilines is 1. The third-order valence-corrected chi connectivity index (χ3v) is 3.86. The van der Waals surface area contributed by atoms with Crippen LogP contribution in [0.3, 0.4) is 0 Å². The van der Waals surface area contributed by atoms with Crippen LogP contribution in [-0.4, -0.2) is 11.9 Å². The number of rotatable bonds is 2. The number of hydrogen-bond acceptors (Lipinski definition) is 2. The fourth-order valence-corrected chi connectivity index (χ4v) is 2.64. The standard InChI is InChI=1S/C17H15F3N2O/c18-17(19,20)13-6-3-7-14(9-13)22-16(23)15-8-11-4-1-2-5-12(11)10-21-15/h1-7,9,15,21H,8,10H2,(H,22,23). The summed E-state index contributed by atoms with van der Waals surface area (Å²) in [5, 5.41) is 5.66. The molecule has 0 fully saturated rings. The number of halogens is 3. The van der Waals surface area contributed by atoms with Crippen molar-refractivity contribution in [2.24, 2.45) is 0 Å². The molecule has 6 heteroatoms. The Labute approximate surface area is 131 Å². The molecule has 2 aromatic rings. The van der Waals surface area contributed by atoms with Gasteiger partial charge in [0.15, 0.2) is 0 Å². The lowest BCUT2D eigenvalue weighted by Crippen LogP contribution is -2.44. The zero-order valence-corrected chi connectivity index (χ0v) is 12.2. The van der Waals surface area contributed by atoms with E-state index in [1.807, 2.05) is 24.3 Å². The van der Waals surface area contributed by atoms with Gasteiger partial charge in [0.05, 0.1) is 11.6 Å². The van der Waals surface area contributed by atoms with Crippen LogP contribution in [0.5, 0.6) is 0 Å². The zero-order chi connectivity index (χ0) is 16.4. The van der Waals surface area contributed by atoms with E-state index in [1.54, 1.807) is 0 Å².